The molecule has 2 N–H and O–H groups in total. The second-order valence-corrected chi connectivity index (χ2v) is 8.47. The predicted molar refractivity (Wildman–Crippen MR) is 130 cm³/mol. The lowest BCUT2D eigenvalue weighted by Crippen LogP contribution is -2.26. The van der Waals surface area contributed by atoms with Gasteiger partial charge >= 0.3 is 0 Å². The van der Waals surface area contributed by atoms with Gasteiger partial charge in [0.15, 0.2) is 5.69 Å². The number of hydrogen-bond donors (Lipinski definition) is 2. The second kappa shape index (κ2) is 9.38. The Morgan fingerprint density at radius 3 is 2.39 bits per heavy atom. The summed E-state index contributed by atoms with van der Waals surface area (Å²) in [7, 11) is 0. The number of amides is 1. The van der Waals surface area contributed by atoms with Crippen molar-refractivity contribution in [2.75, 3.05) is 13.1 Å². The number of carbonyl (C=O) groups is 1. The van der Waals surface area contributed by atoms with Crippen molar-refractivity contribution in [2.24, 2.45) is 0 Å². The van der Waals surface area contributed by atoms with E-state index in [0.717, 1.165) is 23.2 Å². The molecule has 1 fully saturated rings. The number of hydrogen-bond acceptors (Lipinski definition) is 4. The van der Waals surface area contributed by atoms with Gasteiger partial charge in [-0.2, -0.15) is 5.10 Å². The van der Waals surface area contributed by atoms with Crippen molar-refractivity contribution in [1.82, 2.24) is 20.4 Å². The smallest absolute Gasteiger partial charge is 0.272 e. The largest absolute Gasteiger partial charge is 0.347 e. The molecule has 166 valence electrons. The number of carbonyl (C=O) groups excluding carboxylic acids is 1. The number of aromatic nitrogens is 2. The van der Waals surface area contributed by atoms with E-state index in [9.17, 15) is 9.59 Å². The first-order valence-corrected chi connectivity index (χ1v) is 11.3. The molecule has 33 heavy (non-hydrogen) atoms. The number of rotatable bonds is 6. The van der Waals surface area contributed by atoms with Crippen LogP contribution in [0.5, 0.6) is 0 Å². The molecule has 1 saturated heterocycles. The van der Waals surface area contributed by atoms with Crippen LogP contribution in [0.3, 0.4) is 0 Å². The Balaban J connectivity index is 1.33. The molecule has 0 spiro atoms. The lowest BCUT2D eigenvalue weighted by atomic mass is 9.98. The van der Waals surface area contributed by atoms with E-state index in [1.54, 1.807) is 24.3 Å². The van der Waals surface area contributed by atoms with Crippen molar-refractivity contribution in [3.05, 3.63) is 100.0 Å². The van der Waals surface area contributed by atoms with E-state index < -0.39 is 0 Å². The van der Waals surface area contributed by atoms with Crippen LogP contribution in [0, 0.1) is 0 Å². The Hall–Kier alpha value is -3.77. The van der Waals surface area contributed by atoms with Crippen LogP contribution in [-0.4, -0.2) is 34.1 Å². The van der Waals surface area contributed by atoms with Crippen molar-refractivity contribution in [3.8, 4) is 11.1 Å². The van der Waals surface area contributed by atoms with Gasteiger partial charge in [-0.15, -0.1) is 0 Å². The Morgan fingerprint density at radius 2 is 1.61 bits per heavy atom. The van der Waals surface area contributed by atoms with Crippen LogP contribution in [0.15, 0.2) is 77.6 Å². The summed E-state index contributed by atoms with van der Waals surface area (Å²) in [4.78, 5) is 27.4. The van der Waals surface area contributed by atoms with Crippen molar-refractivity contribution >= 4 is 16.7 Å². The van der Waals surface area contributed by atoms with Crippen LogP contribution in [-0.2, 0) is 13.1 Å². The third-order valence-corrected chi connectivity index (χ3v) is 6.24. The molecule has 2 heterocycles. The minimum Gasteiger partial charge on any atom is -0.347 e. The molecule has 1 aliphatic rings. The Bertz CT molecular complexity index is 1340. The Morgan fingerprint density at radius 1 is 0.909 bits per heavy atom. The average molecular weight is 439 g/mol. The Kier molecular flexibility index (Phi) is 6.00. The molecule has 0 atom stereocenters. The van der Waals surface area contributed by atoms with E-state index in [4.69, 9.17) is 0 Å². The summed E-state index contributed by atoms with van der Waals surface area (Å²) in [6.45, 7) is 3.73. The zero-order valence-electron chi connectivity index (χ0n) is 18.4. The normalized spacial score (nSPS) is 13.9. The van der Waals surface area contributed by atoms with Crippen LogP contribution < -0.4 is 10.9 Å². The molecule has 6 nitrogen and oxygen atoms in total. The first-order chi connectivity index (χ1) is 16.2. The quantitative estimate of drug-likeness (QED) is 0.475. The fourth-order valence-electron chi connectivity index (χ4n) is 4.49. The van der Waals surface area contributed by atoms with Gasteiger partial charge in [-0.1, -0.05) is 66.7 Å². The maximum atomic E-state index is 12.9. The minimum absolute atomic E-state index is 0.217. The van der Waals surface area contributed by atoms with Crippen LogP contribution in [0.2, 0.25) is 0 Å². The number of nitrogens with zero attached hydrogens (tertiary/aromatic N) is 2. The molecule has 0 aliphatic carbocycles. The molecule has 1 amide bonds. The second-order valence-electron chi connectivity index (χ2n) is 8.47. The lowest BCUT2D eigenvalue weighted by molar-refractivity contribution is 0.0947. The molecular formula is C27H26N4O2. The summed E-state index contributed by atoms with van der Waals surface area (Å²) < 4.78 is 0. The molecule has 0 unspecified atom stereocenters. The third-order valence-electron chi connectivity index (χ3n) is 6.24. The van der Waals surface area contributed by atoms with E-state index in [1.807, 2.05) is 18.2 Å². The standard InChI is InChI=1S/C27H26N4O2/c32-26-24-10-4-3-9-23(24)25(29-30-26)27(33)28-17-21-7-1-2-8-22(21)20-13-11-19(12-14-20)18-31-15-5-6-16-31/h1-4,7-14H,5-6,15-18H2,(H,28,33)(H,30,32). The molecular weight excluding hydrogens is 412 g/mol. The van der Waals surface area contributed by atoms with Crippen LogP contribution in [0.25, 0.3) is 21.9 Å². The third kappa shape index (κ3) is 4.56. The molecule has 4 aromatic rings. The Labute approximate surface area is 192 Å². The summed E-state index contributed by atoms with van der Waals surface area (Å²) in [5.74, 6) is -0.321. The molecule has 1 aromatic heterocycles. The van der Waals surface area contributed by atoms with Gasteiger partial charge in [-0.3, -0.25) is 14.5 Å². The highest BCUT2D eigenvalue weighted by atomic mass is 16.2. The molecule has 1 aliphatic heterocycles. The van der Waals surface area contributed by atoms with Crippen LogP contribution in [0.4, 0.5) is 0 Å². The predicted octanol–water partition coefficient (Wildman–Crippen LogP) is 4.12. The molecule has 0 radical (unpaired) electrons. The van der Waals surface area contributed by atoms with Gasteiger partial charge in [-0.25, -0.2) is 5.10 Å². The van der Waals surface area contributed by atoms with E-state index in [0.29, 0.717) is 17.3 Å². The number of aromatic amines is 1. The van der Waals surface area contributed by atoms with E-state index >= 15 is 0 Å². The van der Waals surface area contributed by atoms with Crippen LogP contribution >= 0.6 is 0 Å². The summed E-state index contributed by atoms with van der Waals surface area (Å²) >= 11 is 0. The molecule has 0 saturated carbocycles. The summed E-state index contributed by atoms with van der Waals surface area (Å²) in [6, 6.07) is 23.8. The summed E-state index contributed by atoms with van der Waals surface area (Å²) in [6.07, 6.45) is 2.59. The maximum absolute atomic E-state index is 12.9. The van der Waals surface area contributed by atoms with E-state index in [-0.39, 0.29) is 17.2 Å². The van der Waals surface area contributed by atoms with Gasteiger partial charge in [0, 0.05) is 18.5 Å². The monoisotopic (exact) mass is 438 g/mol. The van der Waals surface area contributed by atoms with Gasteiger partial charge in [0.1, 0.15) is 0 Å². The van der Waals surface area contributed by atoms with Crippen molar-refractivity contribution < 1.29 is 4.79 Å². The summed E-state index contributed by atoms with van der Waals surface area (Å²) in [5.41, 5.74) is 4.46. The highest BCUT2D eigenvalue weighted by Gasteiger charge is 2.15. The van der Waals surface area contributed by atoms with Crippen molar-refractivity contribution in [2.45, 2.75) is 25.9 Å². The van der Waals surface area contributed by atoms with E-state index in [2.05, 4.69) is 50.7 Å². The molecule has 5 rings (SSSR count). The fourth-order valence-corrected chi connectivity index (χ4v) is 4.49. The SMILES string of the molecule is O=C(NCc1ccccc1-c1ccc(CN2CCCC2)cc1)c1n[nH]c(=O)c2ccccc12. The summed E-state index contributed by atoms with van der Waals surface area (Å²) in [5, 5.41) is 10.4. The molecule has 6 heteroatoms. The average Bonchev–Trinajstić information content (AvgIpc) is 3.37. The van der Waals surface area contributed by atoms with Crippen molar-refractivity contribution in [3.63, 3.8) is 0 Å². The zero-order valence-corrected chi connectivity index (χ0v) is 18.4. The highest BCUT2D eigenvalue weighted by Crippen LogP contribution is 2.25. The first-order valence-electron chi connectivity index (χ1n) is 11.3. The van der Waals surface area contributed by atoms with Gasteiger partial charge in [0.2, 0.25) is 0 Å². The number of benzene rings is 3. The molecule has 3 aromatic carbocycles. The molecule has 0 bridgehead atoms. The maximum Gasteiger partial charge on any atom is 0.272 e. The van der Waals surface area contributed by atoms with E-state index in [1.165, 1.54) is 31.5 Å². The lowest BCUT2D eigenvalue weighted by Gasteiger charge is -2.15. The number of nitrogens with one attached hydrogen (secondary N) is 2. The number of H-pyrrole nitrogens is 1. The van der Waals surface area contributed by atoms with Gasteiger partial charge < -0.3 is 5.32 Å². The number of fused-ring (bicyclic) bond motifs is 1. The minimum atomic E-state index is -0.321. The topological polar surface area (TPSA) is 78.1 Å². The number of likely N-dealkylation sites (tertiary alicyclic amines) is 1. The first kappa shape index (κ1) is 21.1. The highest BCUT2D eigenvalue weighted by molar-refractivity contribution is 6.04. The van der Waals surface area contributed by atoms with Gasteiger partial charge in [-0.05, 0) is 54.3 Å². The van der Waals surface area contributed by atoms with Crippen molar-refractivity contribution in [1.29, 1.82) is 0 Å². The van der Waals surface area contributed by atoms with Gasteiger partial charge in [0.25, 0.3) is 11.5 Å². The fraction of sp³-hybridized carbons (Fsp3) is 0.222. The van der Waals surface area contributed by atoms with Gasteiger partial charge in [0.05, 0.1) is 5.39 Å². The zero-order chi connectivity index (χ0) is 22.6. The van der Waals surface area contributed by atoms with Crippen LogP contribution in [0.1, 0.15) is 34.5 Å².